The molecule has 1 aromatic carbocycles. The summed E-state index contributed by atoms with van der Waals surface area (Å²) in [7, 11) is 0. The number of primary amides is 2. The lowest BCUT2D eigenvalue weighted by Gasteiger charge is -2.43. The first-order valence-electron chi connectivity index (χ1n) is 12.8. The van der Waals surface area contributed by atoms with Crippen molar-refractivity contribution in [3.05, 3.63) is 75.9 Å². The second kappa shape index (κ2) is 11.3. The van der Waals surface area contributed by atoms with Gasteiger partial charge in [-0.3, -0.25) is 14.4 Å². The summed E-state index contributed by atoms with van der Waals surface area (Å²) >= 11 is 3.35. The number of ether oxygens (including phenoxy) is 1. The number of halogens is 2. The van der Waals surface area contributed by atoms with Gasteiger partial charge in [-0.05, 0) is 70.6 Å². The van der Waals surface area contributed by atoms with Crippen LogP contribution in [0.25, 0.3) is 16.8 Å². The van der Waals surface area contributed by atoms with Crippen molar-refractivity contribution in [1.82, 2.24) is 20.1 Å². The second-order valence-corrected chi connectivity index (χ2v) is 10.9. The molecule has 1 saturated heterocycles. The van der Waals surface area contributed by atoms with Gasteiger partial charge in [0.2, 0.25) is 5.91 Å². The molecule has 1 atom stereocenters. The highest BCUT2D eigenvalue weighted by Crippen LogP contribution is 2.40. The van der Waals surface area contributed by atoms with Gasteiger partial charge in [-0.2, -0.15) is 10.2 Å². The van der Waals surface area contributed by atoms with Gasteiger partial charge in [-0.15, -0.1) is 0 Å². The maximum atomic E-state index is 14.4. The van der Waals surface area contributed by atoms with E-state index in [-0.39, 0.29) is 40.8 Å². The molecule has 3 aromatic rings. The molecule has 41 heavy (non-hydrogen) atoms. The van der Waals surface area contributed by atoms with Crippen LogP contribution in [0.1, 0.15) is 24.1 Å². The fourth-order valence-electron chi connectivity index (χ4n) is 5.35. The summed E-state index contributed by atoms with van der Waals surface area (Å²) < 4.78 is 20.0. The van der Waals surface area contributed by atoms with E-state index in [9.17, 15) is 18.8 Å². The molecule has 4 heterocycles. The number of nitrogen functional groups attached to an aromatic ring is 1. The van der Waals surface area contributed by atoms with Crippen molar-refractivity contribution >= 4 is 44.9 Å². The van der Waals surface area contributed by atoms with E-state index < -0.39 is 28.8 Å². The quantitative estimate of drug-likeness (QED) is 0.331. The number of rotatable bonds is 7. The van der Waals surface area contributed by atoms with Crippen molar-refractivity contribution in [1.29, 1.82) is 0 Å². The lowest BCUT2D eigenvalue weighted by molar-refractivity contribution is -0.134. The van der Waals surface area contributed by atoms with Gasteiger partial charge in [0.05, 0.1) is 17.0 Å². The van der Waals surface area contributed by atoms with E-state index in [0.29, 0.717) is 48.3 Å². The van der Waals surface area contributed by atoms with Gasteiger partial charge in [-0.25, -0.2) is 9.37 Å². The smallest absolute Gasteiger partial charge is 0.265 e. The molecular formula is C28H27BrFN7O4. The monoisotopic (exact) mass is 623 g/mol. The first-order valence-corrected chi connectivity index (χ1v) is 13.6. The van der Waals surface area contributed by atoms with Crippen molar-refractivity contribution < 1.29 is 23.5 Å². The Morgan fingerprint density at radius 3 is 2.41 bits per heavy atom. The van der Waals surface area contributed by atoms with Crippen molar-refractivity contribution in [2.45, 2.75) is 18.3 Å². The molecule has 5 rings (SSSR count). The summed E-state index contributed by atoms with van der Waals surface area (Å²) in [5.74, 6) is -2.86. The number of hydrogen-bond acceptors (Lipinski definition) is 9. The van der Waals surface area contributed by atoms with Crippen LogP contribution in [0.15, 0.2) is 58.8 Å². The van der Waals surface area contributed by atoms with Crippen molar-refractivity contribution in [3.8, 4) is 11.3 Å². The Kier molecular flexibility index (Phi) is 7.82. The SMILES string of the molecule is NC(=O)C1=C(c2ccc(F)cc2)C(=O)C(C(N)=O)(c2ccc(-c3cc(Br)cnc3N)nn2)CN1CC1CCOCC1. The molecule has 0 spiro atoms. The molecule has 0 bridgehead atoms. The van der Waals surface area contributed by atoms with Crippen LogP contribution in [0.3, 0.4) is 0 Å². The number of nitrogens with two attached hydrogens (primary N) is 3. The first kappa shape index (κ1) is 28.3. The van der Waals surface area contributed by atoms with Crippen molar-refractivity contribution in [2.75, 3.05) is 32.0 Å². The van der Waals surface area contributed by atoms with Crippen LogP contribution in [-0.2, 0) is 24.5 Å². The zero-order valence-corrected chi connectivity index (χ0v) is 23.4. The predicted octanol–water partition coefficient (Wildman–Crippen LogP) is 1.95. The highest BCUT2D eigenvalue weighted by Gasteiger charge is 2.55. The molecule has 2 aliphatic heterocycles. The van der Waals surface area contributed by atoms with E-state index in [1.807, 2.05) is 0 Å². The maximum Gasteiger partial charge on any atom is 0.265 e. The number of amides is 2. The summed E-state index contributed by atoms with van der Waals surface area (Å²) in [4.78, 5) is 46.3. The molecule has 11 nitrogen and oxygen atoms in total. The molecule has 6 N–H and O–H groups in total. The third-order valence-corrected chi connectivity index (χ3v) is 7.90. The number of pyridine rings is 1. The summed E-state index contributed by atoms with van der Waals surface area (Å²) in [6.07, 6.45) is 2.96. The van der Waals surface area contributed by atoms with E-state index in [0.717, 1.165) is 12.1 Å². The molecule has 212 valence electrons. The molecular weight excluding hydrogens is 597 g/mol. The number of anilines is 1. The fourth-order valence-corrected chi connectivity index (χ4v) is 5.68. The van der Waals surface area contributed by atoms with Gasteiger partial charge in [-0.1, -0.05) is 12.1 Å². The standard InChI is InChI=1S/C28H27BrFN7O4/c29-17-11-19(25(31)34-12-17)20-5-6-21(36-35-20)28(27(33)40)14-37(13-15-7-9-41-10-8-15)23(26(32)39)22(24(28)38)16-1-3-18(30)4-2-16/h1-6,11-12,15H,7-10,13-14H2,(H2,31,34)(H2,32,39)(H2,33,40). The minimum absolute atomic E-state index is 0.0135. The Bertz CT molecular complexity index is 1540. The number of allylic oxidation sites excluding steroid dienone is 1. The van der Waals surface area contributed by atoms with Crippen LogP contribution in [0.5, 0.6) is 0 Å². The lowest BCUT2D eigenvalue weighted by atomic mass is 9.71. The number of carbonyl (C=O) groups is 3. The number of nitrogens with zero attached hydrogens (tertiary/aromatic N) is 4. The van der Waals surface area contributed by atoms with E-state index in [2.05, 4.69) is 31.1 Å². The summed E-state index contributed by atoms with van der Waals surface area (Å²) in [6, 6.07) is 9.78. The van der Waals surface area contributed by atoms with Crippen LogP contribution in [0, 0.1) is 11.7 Å². The summed E-state index contributed by atoms with van der Waals surface area (Å²) in [5.41, 5.74) is 16.7. The van der Waals surface area contributed by atoms with Gasteiger partial charge in [0, 0.05) is 42.5 Å². The minimum Gasteiger partial charge on any atom is -0.383 e. The number of benzene rings is 1. The predicted molar refractivity (Wildman–Crippen MR) is 151 cm³/mol. The maximum absolute atomic E-state index is 14.4. The topological polar surface area (TPSA) is 180 Å². The van der Waals surface area contributed by atoms with Crippen LogP contribution in [0.4, 0.5) is 10.2 Å². The molecule has 2 aliphatic rings. The Morgan fingerprint density at radius 1 is 1.10 bits per heavy atom. The van der Waals surface area contributed by atoms with Gasteiger partial charge < -0.3 is 26.8 Å². The minimum atomic E-state index is -2.03. The van der Waals surface area contributed by atoms with Gasteiger partial charge >= 0.3 is 0 Å². The van der Waals surface area contributed by atoms with Gasteiger partial charge in [0.1, 0.15) is 17.3 Å². The molecule has 0 saturated carbocycles. The van der Waals surface area contributed by atoms with Crippen LogP contribution in [-0.4, -0.2) is 64.0 Å². The molecule has 13 heteroatoms. The normalized spacial score (nSPS) is 19.9. The molecule has 1 fully saturated rings. The summed E-state index contributed by atoms with van der Waals surface area (Å²) in [6.45, 7) is 1.11. The zero-order valence-electron chi connectivity index (χ0n) is 21.8. The average molecular weight is 624 g/mol. The van der Waals surface area contributed by atoms with Crippen LogP contribution >= 0.6 is 15.9 Å². The highest BCUT2D eigenvalue weighted by atomic mass is 79.9. The third-order valence-electron chi connectivity index (χ3n) is 7.47. The second-order valence-electron chi connectivity index (χ2n) is 10.0. The van der Waals surface area contributed by atoms with E-state index in [4.69, 9.17) is 21.9 Å². The van der Waals surface area contributed by atoms with Gasteiger partial charge in [0.15, 0.2) is 11.2 Å². The third kappa shape index (κ3) is 5.30. The largest absolute Gasteiger partial charge is 0.383 e. The Balaban J connectivity index is 1.67. The number of carbonyl (C=O) groups excluding carboxylic acids is 3. The molecule has 0 aliphatic carbocycles. The van der Waals surface area contributed by atoms with Crippen LogP contribution < -0.4 is 17.2 Å². The average Bonchev–Trinajstić information content (AvgIpc) is 2.96. The number of ketones is 1. The Labute approximate surface area is 243 Å². The summed E-state index contributed by atoms with van der Waals surface area (Å²) in [5, 5.41) is 8.52. The molecule has 0 radical (unpaired) electrons. The first-order chi connectivity index (χ1) is 19.6. The van der Waals surface area contributed by atoms with Crippen molar-refractivity contribution in [3.63, 3.8) is 0 Å². The lowest BCUT2D eigenvalue weighted by Crippen LogP contribution is -2.60. The van der Waals surface area contributed by atoms with E-state index in [1.54, 1.807) is 17.0 Å². The Hall–Kier alpha value is -4.23. The fraction of sp³-hybridized carbons (Fsp3) is 0.286. The number of aromatic nitrogens is 3. The van der Waals surface area contributed by atoms with Crippen molar-refractivity contribution in [2.24, 2.45) is 17.4 Å². The zero-order chi connectivity index (χ0) is 29.3. The van der Waals surface area contributed by atoms with Gasteiger partial charge in [0.25, 0.3) is 5.91 Å². The highest BCUT2D eigenvalue weighted by molar-refractivity contribution is 9.10. The Morgan fingerprint density at radius 2 is 1.80 bits per heavy atom. The number of Topliss-reactive ketones (excluding diaryl/α,β-unsaturated/α-hetero) is 1. The molecule has 2 aromatic heterocycles. The van der Waals surface area contributed by atoms with E-state index >= 15 is 0 Å². The molecule has 2 amide bonds. The molecule has 1 unspecified atom stereocenters. The van der Waals surface area contributed by atoms with E-state index in [1.165, 1.54) is 24.4 Å². The van der Waals surface area contributed by atoms with Crippen LogP contribution in [0.2, 0.25) is 0 Å². The number of hydrogen-bond donors (Lipinski definition) is 3.